The minimum atomic E-state index is -0.811. The summed E-state index contributed by atoms with van der Waals surface area (Å²) in [5.41, 5.74) is 10.4. The predicted molar refractivity (Wildman–Crippen MR) is 143 cm³/mol. The van der Waals surface area contributed by atoms with Crippen molar-refractivity contribution in [2.75, 3.05) is 18.4 Å². The van der Waals surface area contributed by atoms with E-state index in [9.17, 15) is 0 Å². The fourth-order valence-corrected chi connectivity index (χ4v) is 5.47. The highest BCUT2D eigenvalue weighted by Crippen LogP contribution is 2.37. The van der Waals surface area contributed by atoms with Gasteiger partial charge < -0.3 is 16.4 Å². The molecule has 9 heteroatoms. The number of piperidine rings is 1. The van der Waals surface area contributed by atoms with Crippen molar-refractivity contribution in [1.82, 2.24) is 20.0 Å². The van der Waals surface area contributed by atoms with Crippen LogP contribution in [-0.2, 0) is 13.6 Å². The molecule has 7 nitrogen and oxygen atoms in total. The molecule has 35 heavy (non-hydrogen) atoms. The lowest BCUT2D eigenvalue weighted by Gasteiger charge is -2.45. The smallest absolute Gasteiger partial charge is 0.202 e. The van der Waals surface area contributed by atoms with Crippen molar-refractivity contribution < 1.29 is 0 Å². The zero-order valence-electron chi connectivity index (χ0n) is 19.6. The predicted octanol–water partition coefficient (Wildman–Crippen LogP) is 4.71. The lowest BCUT2D eigenvalue weighted by molar-refractivity contribution is 0.139. The Morgan fingerprint density at radius 3 is 2.49 bits per heavy atom. The maximum absolute atomic E-state index is 7.21. The van der Waals surface area contributed by atoms with Gasteiger partial charge in [-0.15, -0.1) is 0 Å². The molecule has 2 aromatic carbocycles. The summed E-state index contributed by atoms with van der Waals surface area (Å²) in [6.45, 7) is 2.91. The quantitative estimate of drug-likeness (QED) is 0.463. The van der Waals surface area contributed by atoms with Gasteiger partial charge in [0.15, 0.2) is 0 Å². The number of rotatable bonds is 5. The van der Waals surface area contributed by atoms with Crippen molar-refractivity contribution >= 4 is 40.4 Å². The van der Waals surface area contributed by atoms with Crippen LogP contribution in [-0.4, -0.2) is 39.4 Å². The fourth-order valence-electron chi connectivity index (χ4n) is 4.94. The van der Waals surface area contributed by atoms with E-state index in [4.69, 9.17) is 28.9 Å². The number of nitrogens with two attached hydrogens (primary N) is 1. The first-order valence-corrected chi connectivity index (χ1v) is 12.5. The molecule has 4 N–H and O–H groups in total. The highest BCUT2D eigenvalue weighted by atomic mass is 35.5. The number of nitrogens with one attached hydrogen (secondary N) is 2. The Bertz CT molecular complexity index is 1230. The van der Waals surface area contributed by atoms with Gasteiger partial charge in [0.1, 0.15) is 5.66 Å². The molecular weight excluding hydrogens is 481 g/mol. The summed E-state index contributed by atoms with van der Waals surface area (Å²) in [4.78, 5) is 7.12. The maximum Gasteiger partial charge on any atom is 0.202 e. The van der Waals surface area contributed by atoms with E-state index in [0.29, 0.717) is 16.0 Å². The van der Waals surface area contributed by atoms with Crippen LogP contribution in [0.15, 0.2) is 72.1 Å². The van der Waals surface area contributed by atoms with E-state index in [0.717, 1.165) is 49.3 Å². The molecule has 1 atom stereocenters. The summed E-state index contributed by atoms with van der Waals surface area (Å²) in [5.74, 6) is 0.765. The Kier molecular flexibility index (Phi) is 6.84. The van der Waals surface area contributed by atoms with E-state index in [2.05, 4.69) is 56.0 Å². The lowest BCUT2D eigenvalue weighted by Crippen LogP contribution is -2.65. The van der Waals surface area contributed by atoms with Gasteiger partial charge in [0.2, 0.25) is 5.96 Å². The molecule has 182 valence electrons. The molecule has 5 rings (SSSR count). The van der Waals surface area contributed by atoms with E-state index >= 15 is 0 Å². The van der Waals surface area contributed by atoms with Crippen LogP contribution in [0.3, 0.4) is 0 Å². The Hall–Kier alpha value is -2.84. The topological polar surface area (TPSA) is 83.5 Å². The summed E-state index contributed by atoms with van der Waals surface area (Å²) in [5, 5.41) is 12.3. The molecule has 3 aromatic rings. The minimum Gasteiger partial charge on any atom is -0.334 e. The number of aliphatic imine (C=N–C) groups is 1. The summed E-state index contributed by atoms with van der Waals surface area (Å²) in [7, 11) is 1.90. The molecule has 0 saturated carbocycles. The molecule has 0 aliphatic carbocycles. The third-order valence-corrected chi connectivity index (χ3v) is 7.15. The second-order valence-electron chi connectivity index (χ2n) is 9.24. The van der Waals surface area contributed by atoms with Crippen LogP contribution in [0.4, 0.5) is 5.69 Å². The summed E-state index contributed by atoms with van der Waals surface area (Å²) in [6.07, 6.45) is 7.58. The van der Waals surface area contributed by atoms with Crippen LogP contribution in [0.1, 0.15) is 24.0 Å². The van der Waals surface area contributed by atoms with E-state index in [-0.39, 0.29) is 5.92 Å². The van der Waals surface area contributed by atoms with Gasteiger partial charge in [0, 0.05) is 58.8 Å². The number of aromatic nitrogens is 2. The first kappa shape index (κ1) is 23.9. The second kappa shape index (κ2) is 10.0. The highest BCUT2D eigenvalue weighted by Gasteiger charge is 2.43. The van der Waals surface area contributed by atoms with E-state index in [1.807, 2.05) is 25.6 Å². The molecule has 2 aliphatic rings. The molecular formula is C26H29Cl2N7. The second-order valence-corrected chi connectivity index (χ2v) is 10.1. The number of aryl methyl sites for hydroxylation is 1. The number of hydrogen-bond acceptors (Lipinski definition) is 6. The summed E-state index contributed by atoms with van der Waals surface area (Å²) in [6, 6.07) is 15.9. The lowest BCUT2D eigenvalue weighted by atomic mass is 9.78. The Labute approximate surface area is 215 Å². The first-order valence-electron chi connectivity index (χ1n) is 11.7. The van der Waals surface area contributed by atoms with Gasteiger partial charge in [-0.1, -0.05) is 53.5 Å². The molecule has 3 heterocycles. The zero-order valence-corrected chi connectivity index (χ0v) is 21.1. The van der Waals surface area contributed by atoms with Crippen molar-refractivity contribution in [2.45, 2.75) is 25.0 Å². The maximum atomic E-state index is 7.21. The number of anilines is 1. The summed E-state index contributed by atoms with van der Waals surface area (Å²) < 4.78 is 1.78. The fraction of sp³-hybridized carbons (Fsp3) is 0.308. The number of benzene rings is 2. The Balaban J connectivity index is 1.37. The standard InChI is InChI=1S/C26H29Cl2N7/c1-34-17-19(14-31-34)24-15-30-25(32-23-12-21(27)11-22(28)13-23)33-26(24,29)20-7-9-35(10-8-20)16-18-5-3-2-4-6-18/h2-6,11-15,17,20H,7-10,16,29H2,1H3,(H2,30,32,33). The van der Waals surface area contributed by atoms with Crippen LogP contribution >= 0.6 is 23.2 Å². The number of nitrogens with zero attached hydrogens (tertiary/aromatic N) is 4. The van der Waals surface area contributed by atoms with Gasteiger partial charge in [0.25, 0.3) is 0 Å². The molecule has 2 aliphatic heterocycles. The van der Waals surface area contributed by atoms with E-state index in [1.165, 1.54) is 5.56 Å². The van der Waals surface area contributed by atoms with Crippen LogP contribution in [0.5, 0.6) is 0 Å². The normalized spacial score (nSPS) is 21.3. The molecule has 0 amide bonds. The van der Waals surface area contributed by atoms with Gasteiger partial charge in [-0.2, -0.15) is 5.10 Å². The van der Waals surface area contributed by atoms with Crippen molar-refractivity contribution in [1.29, 1.82) is 0 Å². The number of likely N-dealkylation sites (tertiary alicyclic amines) is 1. The highest BCUT2D eigenvalue weighted by molar-refractivity contribution is 6.35. The molecule has 0 radical (unpaired) electrons. The summed E-state index contributed by atoms with van der Waals surface area (Å²) >= 11 is 12.4. The third-order valence-electron chi connectivity index (χ3n) is 6.72. The largest absolute Gasteiger partial charge is 0.334 e. The molecule has 0 spiro atoms. The number of hydrogen-bond donors (Lipinski definition) is 3. The van der Waals surface area contributed by atoms with Gasteiger partial charge in [-0.3, -0.25) is 9.58 Å². The van der Waals surface area contributed by atoms with Crippen LogP contribution < -0.4 is 16.4 Å². The Morgan fingerprint density at radius 2 is 1.83 bits per heavy atom. The molecule has 0 bridgehead atoms. The first-order chi connectivity index (χ1) is 16.9. The molecule has 1 saturated heterocycles. The number of guanidine groups is 1. The van der Waals surface area contributed by atoms with Crippen molar-refractivity contribution in [3.8, 4) is 0 Å². The average molecular weight is 510 g/mol. The minimum absolute atomic E-state index is 0.205. The van der Waals surface area contributed by atoms with Crippen LogP contribution in [0.25, 0.3) is 5.57 Å². The SMILES string of the molecule is Cn1cc(C2=CN=C(Nc3cc(Cl)cc(Cl)c3)NC2(N)C2CCN(Cc3ccccc3)CC2)cn1. The van der Waals surface area contributed by atoms with Crippen molar-refractivity contribution in [3.63, 3.8) is 0 Å². The third kappa shape index (κ3) is 5.38. The molecule has 1 aromatic heterocycles. The molecule has 1 fully saturated rings. The van der Waals surface area contributed by atoms with Crippen molar-refractivity contribution in [3.05, 3.63) is 88.3 Å². The van der Waals surface area contributed by atoms with E-state index in [1.54, 1.807) is 22.9 Å². The van der Waals surface area contributed by atoms with Crippen LogP contribution in [0.2, 0.25) is 10.0 Å². The van der Waals surface area contributed by atoms with Gasteiger partial charge in [-0.25, -0.2) is 4.99 Å². The van der Waals surface area contributed by atoms with Crippen LogP contribution in [0, 0.1) is 5.92 Å². The molecule has 1 unspecified atom stereocenters. The van der Waals surface area contributed by atoms with E-state index < -0.39 is 5.66 Å². The number of halogens is 2. The van der Waals surface area contributed by atoms with Gasteiger partial charge in [0.05, 0.1) is 6.20 Å². The monoisotopic (exact) mass is 509 g/mol. The zero-order chi connectivity index (χ0) is 24.4. The average Bonchev–Trinajstić information content (AvgIpc) is 3.25. The Morgan fingerprint density at radius 1 is 1.11 bits per heavy atom. The van der Waals surface area contributed by atoms with Crippen molar-refractivity contribution in [2.24, 2.45) is 23.7 Å². The van der Waals surface area contributed by atoms with Gasteiger partial charge >= 0.3 is 0 Å². The van der Waals surface area contributed by atoms with Gasteiger partial charge in [-0.05, 0) is 49.7 Å².